The normalized spacial score (nSPS) is 21.0. The van der Waals surface area contributed by atoms with Gasteiger partial charge in [-0.1, -0.05) is 19.9 Å². The molecule has 118 valence electrons. The van der Waals surface area contributed by atoms with Crippen molar-refractivity contribution >= 4 is 17.4 Å². The molecular weight excluding hydrogens is 282 g/mol. The van der Waals surface area contributed by atoms with Gasteiger partial charge in [0.05, 0.1) is 12.3 Å². The molecule has 1 fully saturated rings. The Hall–Kier alpha value is -0.870. The molecule has 0 bridgehead atoms. The van der Waals surface area contributed by atoms with Crippen molar-refractivity contribution in [2.45, 2.75) is 33.2 Å². The first-order valence-electron chi connectivity index (χ1n) is 7.57. The SMILES string of the molecule is COCCOc1cc(C)ccc1NC1CSCC(C)(C)C1. The smallest absolute Gasteiger partial charge is 0.142 e. The second-order valence-electron chi connectivity index (χ2n) is 6.57. The summed E-state index contributed by atoms with van der Waals surface area (Å²) in [6.07, 6.45) is 1.20. The van der Waals surface area contributed by atoms with Crippen molar-refractivity contribution in [1.29, 1.82) is 0 Å². The standard InChI is InChI=1S/C17H27NO2S/c1-13-5-6-15(16(9-13)20-8-7-19-4)18-14-10-17(2,3)12-21-11-14/h5-6,9,14,18H,7-8,10-12H2,1-4H3. The van der Waals surface area contributed by atoms with Crippen LogP contribution >= 0.6 is 11.8 Å². The first-order chi connectivity index (χ1) is 10.00. The highest BCUT2D eigenvalue weighted by molar-refractivity contribution is 7.99. The first kappa shape index (κ1) is 16.5. The van der Waals surface area contributed by atoms with Gasteiger partial charge >= 0.3 is 0 Å². The molecule has 1 aromatic carbocycles. The highest BCUT2D eigenvalue weighted by Crippen LogP contribution is 2.36. The highest BCUT2D eigenvalue weighted by Gasteiger charge is 2.28. The van der Waals surface area contributed by atoms with E-state index in [-0.39, 0.29) is 0 Å². The molecule has 1 unspecified atom stereocenters. The van der Waals surface area contributed by atoms with Gasteiger partial charge in [0.2, 0.25) is 0 Å². The molecular formula is C17H27NO2S. The molecule has 21 heavy (non-hydrogen) atoms. The zero-order valence-corrected chi connectivity index (χ0v) is 14.4. The van der Waals surface area contributed by atoms with Gasteiger partial charge in [-0.05, 0) is 42.2 Å². The maximum Gasteiger partial charge on any atom is 0.142 e. The Morgan fingerprint density at radius 2 is 2.14 bits per heavy atom. The number of nitrogens with one attached hydrogen (secondary N) is 1. The zero-order valence-electron chi connectivity index (χ0n) is 13.6. The van der Waals surface area contributed by atoms with Gasteiger partial charge in [-0.3, -0.25) is 0 Å². The van der Waals surface area contributed by atoms with Gasteiger partial charge in [0, 0.05) is 18.9 Å². The van der Waals surface area contributed by atoms with E-state index in [9.17, 15) is 0 Å². The molecule has 1 aliphatic rings. The highest BCUT2D eigenvalue weighted by atomic mass is 32.2. The van der Waals surface area contributed by atoms with Crippen LogP contribution in [0.3, 0.4) is 0 Å². The van der Waals surface area contributed by atoms with Gasteiger partial charge in [-0.25, -0.2) is 0 Å². The Morgan fingerprint density at radius 1 is 1.33 bits per heavy atom. The van der Waals surface area contributed by atoms with Crippen LogP contribution in [0.2, 0.25) is 0 Å². The van der Waals surface area contributed by atoms with Crippen LogP contribution in [0.15, 0.2) is 18.2 Å². The Kier molecular flexibility index (Phi) is 5.82. The van der Waals surface area contributed by atoms with E-state index in [1.165, 1.54) is 17.7 Å². The molecule has 1 N–H and O–H groups in total. The molecule has 0 aromatic heterocycles. The monoisotopic (exact) mass is 309 g/mol. The number of hydrogen-bond donors (Lipinski definition) is 1. The van der Waals surface area contributed by atoms with E-state index in [1.54, 1.807) is 7.11 Å². The summed E-state index contributed by atoms with van der Waals surface area (Å²) in [5.74, 6) is 3.34. The molecule has 0 amide bonds. The topological polar surface area (TPSA) is 30.5 Å². The Labute approximate surface area is 132 Å². The molecule has 1 aromatic rings. The number of ether oxygens (including phenoxy) is 2. The van der Waals surface area contributed by atoms with E-state index in [0.717, 1.165) is 17.2 Å². The van der Waals surface area contributed by atoms with Crippen LogP contribution in [0.4, 0.5) is 5.69 Å². The minimum atomic E-state index is 0.405. The van der Waals surface area contributed by atoms with Crippen molar-refractivity contribution in [1.82, 2.24) is 0 Å². The third-order valence-electron chi connectivity index (χ3n) is 3.65. The molecule has 1 saturated heterocycles. The molecule has 4 heteroatoms. The minimum absolute atomic E-state index is 0.405. The predicted octanol–water partition coefficient (Wildman–Crippen LogP) is 3.96. The molecule has 0 aliphatic carbocycles. The third kappa shape index (κ3) is 5.11. The van der Waals surface area contributed by atoms with E-state index in [0.29, 0.717) is 24.7 Å². The van der Waals surface area contributed by atoms with Gasteiger partial charge in [-0.2, -0.15) is 11.8 Å². The Balaban J connectivity index is 2.04. The van der Waals surface area contributed by atoms with Crippen molar-refractivity contribution in [2.75, 3.05) is 37.1 Å². The summed E-state index contributed by atoms with van der Waals surface area (Å²) < 4.78 is 10.9. The number of aryl methyl sites for hydroxylation is 1. The fraction of sp³-hybridized carbons (Fsp3) is 0.647. The summed E-state index contributed by atoms with van der Waals surface area (Å²) in [7, 11) is 1.69. The first-order valence-corrected chi connectivity index (χ1v) is 8.72. The van der Waals surface area contributed by atoms with Crippen LogP contribution in [0, 0.1) is 12.3 Å². The lowest BCUT2D eigenvalue weighted by atomic mass is 9.87. The Bertz CT molecular complexity index is 462. The average molecular weight is 309 g/mol. The van der Waals surface area contributed by atoms with E-state index in [4.69, 9.17) is 9.47 Å². The quantitative estimate of drug-likeness (QED) is 0.806. The molecule has 0 radical (unpaired) electrons. The summed E-state index contributed by atoms with van der Waals surface area (Å²) in [4.78, 5) is 0. The summed E-state index contributed by atoms with van der Waals surface area (Å²) >= 11 is 2.04. The van der Waals surface area contributed by atoms with Gasteiger partial charge in [0.15, 0.2) is 0 Å². The lowest BCUT2D eigenvalue weighted by Crippen LogP contribution is -2.35. The van der Waals surface area contributed by atoms with Crippen LogP contribution in [-0.4, -0.2) is 37.9 Å². The summed E-state index contributed by atoms with van der Waals surface area (Å²) in [6.45, 7) is 7.98. The van der Waals surface area contributed by atoms with Crippen molar-refractivity contribution in [3.8, 4) is 5.75 Å². The number of rotatable bonds is 6. The van der Waals surface area contributed by atoms with E-state index in [2.05, 4.69) is 44.3 Å². The van der Waals surface area contributed by atoms with Crippen LogP contribution in [-0.2, 0) is 4.74 Å². The van der Waals surface area contributed by atoms with Crippen molar-refractivity contribution in [3.05, 3.63) is 23.8 Å². The second-order valence-corrected chi connectivity index (χ2v) is 7.60. The summed E-state index contributed by atoms with van der Waals surface area (Å²) in [5, 5.41) is 3.67. The number of hydrogen-bond acceptors (Lipinski definition) is 4. The minimum Gasteiger partial charge on any atom is -0.489 e. The van der Waals surface area contributed by atoms with Crippen molar-refractivity contribution in [3.63, 3.8) is 0 Å². The largest absolute Gasteiger partial charge is 0.489 e. The fourth-order valence-electron chi connectivity index (χ4n) is 2.68. The van der Waals surface area contributed by atoms with Gasteiger partial charge in [0.1, 0.15) is 12.4 Å². The third-order valence-corrected chi connectivity index (χ3v) is 5.28. The van der Waals surface area contributed by atoms with Crippen LogP contribution < -0.4 is 10.1 Å². The van der Waals surface area contributed by atoms with E-state index >= 15 is 0 Å². The average Bonchev–Trinajstić information content (AvgIpc) is 2.41. The van der Waals surface area contributed by atoms with Crippen LogP contribution in [0.25, 0.3) is 0 Å². The molecule has 1 aliphatic heterocycles. The molecule has 2 rings (SSSR count). The van der Waals surface area contributed by atoms with Crippen molar-refractivity contribution in [2.24, 2.45) is 5.41 Å². The number of anilines is 1. The van der Waals surface area contributed by atoms with Crippen LogP contribution in [0.1, 0.15) is 25.8 Å². The summed E-state index contributed by atoms with van der Waals surface area (Å²) in [6, 6.07) is 6.86. The lowest BCUT2D eigenvalue weighted by molar-refractivity contribution is 0.146. The molecule has 0 spiro atoms. The predicted molar refractivity (Wildman–Crippen MR) is 91.7 cm³/mol. The molecule has 1 atom stereocenters. The fourth-order valence-corrected chi connectivity index (χ4v) is 3.95. The van der Waals surface area contributed by atoms with Gasteiger partial charge in [0.25, 0.3) is 0 Å². The second kappa shape index (κ2) is 7.41. The van der Waals surface area contributed by atoms with Gasteiger partial charge in [-0.15, -0.1) is 0 Å². The number of methoxy groups -OCH3 is 1. The number of benzene rings is 1. The Morgan fingerprint density at radius 3 is 2.86 bits per heavy atom. The molecule has 1 heterocycles. The summed E-state index contributed by atoms with van der Waals surface area (Å²) in [5.41, 5.74) is 2.72. The molecule has 3 nitrogen and oxygen atoms in total. The van der Waals surface area contributed by atoms with E-state index in [1.807, 2.05) is 11.8 Å². The maximum atomic E-state index is 5.86. The number of thioether (sulfide) groups is 1. The maximum absolute atomic E-state index is 5.86. The van der Waals surface area contributed by atoms with E-state index < -0.39 is 0 Å². The van der Waals surface area contributed by atoms with Gasteiger partial charge < -0.3 is 14.8 Å². The molecule has 0 saturated carbocycles. The van der Waals surface area contributed by atoms with Crippen LogP contribution in [0.5, 0.6) is 5.75 Å². The lowest BCUT2D eigenvalue weighted by Gasteiger charge is -2.35. The van der Waals surface area contributed by atoms with Crippen molar-refractivity contribution < 1.29 is 9.47 Å². The zero-order chi connectivity index (χ0) is 15.3.